The third kappa shape index (κ3) is 7.63. The monoisotopic (exact) mass is 369 g/mol. The summed E-state index contributed by atoms with van der Waals surface area (Å²) in [7, 11) is 0. The molecule has 2 rings (SSSR count). The average molecular weight is 370 g/mol. The lowest BCUT2D eigenvalue weighted by molar-refractivity contribution is -0.00326. The number of benzene rings is 2. The van der Waals surface area contributed by atoms with Gasteiger partial charge >= 0.3 is 0 Å². The summed E-state index contributed by atoms with van der Waals surface area (Å²) in [6.07, 6.45) is -0.819. The molecule has 27 heavy (non-hydrogen) atoms. The van der Waals surface area contributed by atoms with E-state index < -0.39 is 12.2 Å². The van der Waals surface area contributed by atoms with Gasteiger partial charge in [-0.2, -0.15) is 0 Å². The van der Waals surface area contributed by atoms with Gasteiger partial charge < -0.3 is 15.2 Å². The zero-order chi connectivity index (χ0) is 19.9. The van der Waals surface area contributed by atoms with Crippen molar-refractivity contribution in [2.75, 3.05) is 13.2 Å². The van der Waals surface area contributed by atoms with Crippen LogP contribution in [0.5, 0.6) is 0 Å². The summed E-state index contributed by atoms with van der Waals surface area (Å²) in [4.78, 5) is 12.9. The minimum absolute atomic E-state index is 0.0620. The van der Waals surface area contributed by atoms with Gasteiger partial charge in [-0.05, 0) is 33.3 Å². The zero-order valence-corrected chi connectivity index (χ0v) is 16.7. The number of ether oxygens (including phenoxy) is 1. The van der Waals surface area contributed by atoms with Crippen LogP contribution in [0.1, 0.15) is 42.3 Å². The van der Waals surface area contributed by atoms with E-state index in [1.807, 2.05) is 64.1 Å². The maximum Gasteiger partial charge on any atom is 0.191 e. The number of hydrogen-bond donors (Lipinski definition) is 2. The number of aliphatic hydroxyl groups is 1. The predicted molar refractivity (Wildman–Crippen MR) is 109 cm³/mol. The van der Waals surface area contributed by atoms with E-state index >= 15 is 0 Å². The molecule has 4 nitrogen and oxygen atoms in total. The number of aryl methyl sites for hydroxylation is 1. The summed E-state index contributed by atoms with van der Waals surface area (Å²) in [5, 5.41) is 13.5. The summed E-state index contributed by atoms with van der Waals surface area (Å²) in [6, 6.07) is 17.2. The Balaban J connectivity index is 2.06. The van der Waals surface area contributed by atoms with Gasteiger partial charge in [0.25, 0.3) is 0 Å². The molecule has 0 aliphatic heterocycles. The summed E-state index contributed by atoms with van der Waals surface area (Å²) >= 11 is 0. The molecule has 146 valence electrons. The Kier molecular flexibility index (Phi) is 7.72. The molecule has 0 spiro atoms. The highest BCUT2D eigenvalue weighted by molar-refractivity contribution is 5.99. The van der Waals surface area contributed by atoms with Crippen LogP contribution in [0.25, 0.3) is 0 Å². The molecule has 0 heterocycles. The van der Waals surface area contributed by atoms with Gasteiger partial charge in [-0.1, -0.05) is 60.2 Å². The molecule has 0 saturated carbocycles. The Hall–Kier alpha value is -2.01. The fourth-order valence-corrected chi connectivity index (χ4v) is 2.78. The molecule has 0 aliphatic carbocycles. The minimum Gasteiger partial charge on any atom is -0.389 e. The molecule has 0 fully saturated rings. The molecule has 0 aliphatic rings. The summed E-state index contributed by atoms with van der Waals surface area (Å²) in [5.74, 6) is -0.0620. The minimum atomic E-state index is -0.673. The van der Waals surface area contributed by atoms with E-state index in [0.29, 0.717) is 18.5 Å². The second-order valence-corrected chi connectivity index (χ2v) is 8.03. The lowest BCUT2D eigenvalue weighted by Crippen LogP contribution is -2.43. The van der Waals surface area contributed by atoms with Gasteiger partial charge in [-0.3, -0.25) is 4.79 Å². The SMILES string of the molecule is Cc1cccc(CC(OCC(O)CNC(C)(C)C)C(=O)c2ccccc2)c1. The molecule has 2 aromatic carbocycles. The number of nitrogens with one attached hydrogen (secondary N) is 1. The second kappa shape index (κ2) is 9.79. The van der Waals surface area contributed by atoms with E-state index in [4.69, 9.17) is 4.74 Å². The van der Waals surface area contributed by atoms with Crippen LogP contribution in [-0.2, 0) is 11.2 Å². The molecule has 2 N–H and O–H groups in total. The zero-order valence-electron chi connectivity index (χ0n) is 16.7. The number of rotatable bonds is 9. The number of hydrogen-bond acceptors (Lipinski definition) is 4. The fraction of sp³-hybridized carbons (Fsp3) is 0.435. The van der Waals surface area contributed by atoms with Crippen molar-refractivity contribution >= 4 is 5.78 Å². The molecule has 0 radical (unpaired) electrons. The van der Waals surface area contributed by atoms with E-state index in [1.54, 1.807) is 12.1 Å². The average Bonchev–Trinajstić information content (AvgIpc) is 2.63. The van der Waals surface area contributed by atoms with Crippen LogP contribution in [-0.4, -0.2) is 41.8 Å². The molecule has 0 amide bonds. The highest BCUT2D eigenvalue weighted by atomic mass is 16.5. The first-order valence-electron chi connectivity index (χ1n) is 9.44. The largest absolute Gasteiger partial charge is 0.389 e. The van der Waals surface area contributed by atoms with Crippen molar-refractivity contribution in [2.24, 2.45) is 0 Å². The molecule has 0 aromatic heterocycles. The number of Topliss-reactive ketones (excluding diaryl/α,β-unsaturated/α-hetero) is 1. The van der Waals surface area contributed by atoms with Gasteiger partial charge in [0.15, 0.2) is 5.78 Å². The summed E-state index contributed by atoms with van der Waals surface area (Å²) < 4.78 is 5.89. The van der Waals surface area contributed by atoms with Gasteiger partial charge in [0.2, 0.25) is 0 Å². The first-order valence-corrected chi connectivity index (χ1v) is 9.44. The third-order valence-corrected chi connectivity index (χ3v) is 4.21. The maximum atomic E-state index is 12.9. The van der Waals surface area contributed by atoms with Crippen molar-refractivity contribution in [2.45, 2.75) is 51.9 Å². The Morgan fingerprint density at radius 3 is 2.44 bits per heavy atom. The van der Waals surface area contributed by atoms with Crippen molar-refractivity contribution < 1.29 is 14.6 Å². The number of aliphatic hydroxyl groups excluding tert-OH is 1. The van der Waals surface area contributed by atoms with Crippen LogP contribution >= 0.6 is 0 Å². The van der Waals surface area contributed by atoms with Gasteiger partial charge in [0.05, 0.1) is 12.7 Å². The summed E-state index contributed by atoms with van der Waals surface area (Å²) in [5.41, 5.74) is 2.74. The van der Waals surface area contributed by atoms with Crippen molar-refractivity contribution in [1.82, 2.24) is 5.32 Å². The second-order valence-electron chi connectivity index (χ2n) is 8.03. The molecule has 4 heteroatoms. The van der Waals surface area contributed by atoms with E-state index in [0.717, 1.165) is 11.1 Å². The van der Waals surface area contributed by atoms with E-state index in [-0.39, 0.29) is 17.9 Å². The molecule has 0 bridgehead atoms. The number of carbonyl (C=O) groups excluding carboxylic acids is 1. The Bertz CT molecular complexity index is 722. The highest BCUT2D eigenvalue weighted by Gasteiger charge is 2.23. The molecule has 0 saturated heterocycles. The summed E-state index contributed by atoms with van der Waals surface area (Å²) in [6.45, 7) is 8.68. The van der Waals surface area contributed by atoms with Crippen LogP contribution < -0.4 is 5.32 Å². The van der Waals surface area contributed by atoms with Crippen LogP contribution in [0.3, 0.4) is 0 Å². The van der Waals surface area contributed by atoms with Gasteiger partial charge in [0, 0.05) is 24.1 Å². The quantitative estimate of drug-likeness (QED) is 0.664. The standard InChI is InChI=1S/C23H31NO3/c1-17-9-8-10-18(13-17)14-21(22(26)19-11-6-5-7-12-19)27-16-20(25)15-24-23(2,3)4/h5-13,20-21,24-25H,14-16H2,1-4H3. The van der Waals surface area contributed by atoms with Gasteiger partial charge in [-0.25, -0.2) is 0 Å². The number of carbonyl (C=O) groups is 1. The van der Waals surface area contributed by atoms with Crippen LogP contribution in [0, 0.1) is 6.92 Å². The van der Waals surface area contributed by atoms with Gasteiger partial charge in [-0.15, -0.1) is 0 Å². The van der Waals surface area contributed by atoms with E-state index in [2.05, 4.69) is 11.4 Å². The Labute approximate surface area is 162 Å². The Morgan fingerprint density at radius 1 is 1.11 bits per heavy atom. The lowest BCUT2D eigenvalue weighted by Gasteiger charge is -2.24. The van der Waals surface area contributed by atoms with E-state index in [9.17, 15) is 9.90 Å². The van der Waals surface area contributed by atoms with Crippen LogP contribution in [0.2, 0.25) is 0 Å². The third-order valence-electron chi connectivity index (χ3n) is 4.21. The normalized spacial score (nSPS) is 14.0. The lowest BCUT2D eigenvalue weighted by atomic mass is 9.99. The molecular weight excluding hydrogens is 338 g/mol. The van der Waals surface area contributed by atoms with Crippen LogP contribution in [0.4, 0.5) is 0 Å². The number of ketones is 1. The van der Waals surface area contributed by atoms with Crippen molar-refractivity contribution in [3.63, 3.8) is 0 Å². The van der Waals surface area contributed by atoms with E-state index in [1.165, 1.54) is 0 Å². The molecule has 2 aromatic rings. The highest BCUT2D eigenvalue weighted by Crippen LogP contribution is 2.14. The first-order chi connectivity index (χ1) is 12.7. The maximum absolute atomic E-state index is 12.9. The number of β-amino-alcohol motifs (C(OH)–C–C–N with tert-alkyl or cyclic N) is 1. The topological polar surface area (TPSA) is 58.6 Å². The molecule has 2 atom stereocenters. The Morgan fingerprint density at radius 2 is 1.81 bits per heavy atom. The van der Waals surface area contributed by atoms with Crippen molar-refractivity contribution in [3.8, 4) is 0 Å². The van der Waals surface area contributed by atoms with Crippen molar-refractivity contribution in [3.05, 3.63) is 71.3 Å². The predicted octanol–water partition coefficient (Wildman–Crippen LogP) is 3.55. The fourth-order valence-electron chi connectivity index (χ4n) is 2.78. The van der Waals surface area contributed by atoms with Gasteiger partial charge in [0.1, 0.15) is 6.10 Å². The smallest absolute Gasteiger partial charge is 0.191 e. The molecular formula is C23H31NO3. The molecule has 2 unspecified atom stereocenters. The van der Waals surface area contributed by atoms with Crippen molar-refractivity contribution in [1.29, 1.82) is 0 Å². The first kappa shape index (κ1) is 21.3. The van der Waals surface area contributed by atoms with Crippen LogP contribution in [0.15, 0.2) is 54.6 Å².